The summed E-state index contributed by atoms with van der Waals surface area (Å²) in [5.41, 5.74) is 0.245. The average Bonchev–Trinajstić information content (AvgIpc) is 3.22. The Bertz CT molecular complexity index is 556. The number of hydrogen-bond acceptors (Lipinski definition) is 3. The highest BCUT2D eigenvalue weighted by molar-refractivity contribution is 6.34. The molecule has 0 spiro atoms. The van der Waals surface area contributed by atoms with Crippen LogP contribution < -0.4 is 0 Å². The lowest BCUT2D eigenvalue weighted by molar-refractivity contribution is -0.384. The molecule has 0 heterocycles. The Balaban J connectivity index is 2.18. The minimum absolute atomic E-state index is 0.100. The van der Waals surface area contributed by atoms with Gasteiger partial charge in [0, 0.05) is 24.7 Å². The van der Waals surface area contributed by atoms with Crippen LogP contribution in [0.25, 0.3) is 0 Å². The van der Waals surface area contributed by atoms with Crippen molar-refractivity contribution in [3.63, 3.8) is 0 Å². The topological polar surface area (TPSA) is 63.5 Å². The number of carbonyl (C=O) groups is 1. The summed E-state index contributed by atoms with van der Waals surface area (Å²) in [7, 11) is 0. The summed E-state index contributed by atoms with van der Waals surface area (Å²) in [6.45, 7) is 4.94. The van der Waals surface area contributed by atoms with E-state index in [-0.39, 0.29) is 16.6 Å². The van der Waals surface area contributed by atoms with E-state index in [0.29, 0.717) is 24.1 Å². The summed E-state index contributed by atoms with van der Waals surface area (Å²) >= 11 is 6.05. The average molecular weight is 311 g/mol. The number of nitro groups is 1. The van der Waals surface area contributed by atoms with Gasteiger partial charge in [0.25, 0.3) is 11.6 Å². The van der Waals surface area contributed by atoms with E-state index in [1.54, 1.807) is 0 Å². The molecule has 114 valence electrons. The normalized spacial score (nSPS) is 14.3. The third-order valence-electron chi connectivity index (χ3n) is 3.59. The van der Waals surface area contributed by atoms with E-state index in [9.17, 15) is 14.9 Å². The molecule has 1 aliphatic rings. The fraction of sp³-hybridized carbons (Fsp3) is 0.533. The van der Waals surface area contributed by atoms with Crippen LogP contribution in [0.4, 0.5) is 5.69 Å². The number of rotatable bonds is 6. The van der Waals surface area contributed by atoms with E-state index >= 15 is 0 Å². The number of nitro benzene ring substituents is 1. The standard InChI is InChI=1S/C15H19ClN2O3/c1-10(2)7-8-17(11-3-4-11)15(19)13-6-5-12(18(20)21)9-14(13)16/h5-6,9-11H,3-4,7-8H2,1-2H3. The van der Waals surface area contributed by atoms with Gasteiger partial charge >= 0.3 is 0 Å². The Labute approximate surface area is 129 Å². The van der Waals surface area contributed by atoms with Gasteiger partial charge in [0.2, 0.25) is 0 Å². The van der Waals surface area contributed by atoms with Gasteiger partial charge in [-0.25, -0.2) is 0 Å². The van der Waals surface area contributed by atoms with Crippen molar-refractivity contribution >= 4 is 23.2 Å². The first-order valence-electron chi connectivity index (χ1n) is 7.15. The van der Waals surface area contributed by atoms with Gasteiger partial charge in [-0.15, -0.1) is 0 Å². The molecule has 1 aromatic rings. The van der Waals surface area contributed by atoms with E-state index < -0.39 is 4.92 Å². The van der Waals surface area contributed by atoms with Gasteiger partial charge in [-0.2, -0.15) is 0 Å². The maximum Gasteiger partial charge on any atom is 0.270 e. The smallest absolute Gasteiger partial charge is 0.270 e. The summed E-state index contributed by atoms with van der Waals surface area (Å²) in [6.07, 6.45) is 2.98. The Morgan fingerprint density at radius 1 is 1.48 bits per heavy atom. The zero-order chi connectivity index (χ0) is 15.6. The lowest BCUT2D eigenvalue weighted by Gasteiger charge is -2.23. The zero-order valence-corrected chi connectivity index (χ0v) is 13.0. The molecule has 1 aliphatic carbocycles. The van der Waals surface area contributed by atoms with Gasteiger partial charge in [-0.1, -0.05) is 25.4 Å². The molecule has 0 atom stereocenters. The van der Waals surface area contributed by atoms with E-state index in [1.165, 1.54) is 18.2 Å². The first-order valence-corrected chi connectivity index (χ1v) is 7.53. The molecule has 0 aromatic heterocycles. The number of carbonyl (C=O) groups excluding carboxylic acids is 1. The second-order valence-electron chi connectivity index (χ2n) is 5.83. The zero-order valence-electron chi connectivity index (χ0n) is 12.2. The van der Waals surface area contributed by atoms with E-state index in [2.05, 4.69) is 13.8 Å². The Morgan fingerprint density at radius 2 is 2.14 bits per heavy atom. The number of non-ortho nitro benzene ring substituents is 1. The summed E-state index contributed by atoms with van der Waals surface area (Å²) in [6, 6.07) is 4.31. The quantitative estimate of drug-likeness (QED) is 0.591. The van der Waals surface area contributed by atoms with Crippen molar-refractivity contribution < 1.29 is 9.72 Å². The van der Waals surface area contributed by atoms with Gasteiger partial charge in [0.05, 0.1) is 15.5 Å². The molecule has 1 fully saturated rings. The number of benzene rings is 1. The number of hydrogen-bond donors (Lipinski definition) is 0. The van der Waals surface area contributed by atoms with Crippen LogP contribution in [0, 0.1) is 16.0 Å². The monoisotopic (exact) mass is 310 g/mol. The molecule has 5 nitrogen and oxygen atoms in total. The molecular weight excluding hydrogens is 292 g/mol. The molecule has 21 heavy (non-hydrogen) atoms. The highest BCUT2D eigenvalue weighted by Crippen LogP contribution is 2.31. The SMILES string of the molecule is CC(C)CCN(C(=O)c1ccc([N+](=O)[O-])cc1Cl)C1CC1. The highest BCUT2D eigenvalue weighted by atomic mass is 35.5. The number of nitrogens with zero attached hydrogens (tertiary/aromatic N) is 2. The van der Waals surface area contributed by atoms with Crippen LogP contribution >= 0.6 is 11.6 Å². The predicted octanol–water partition coefficient (Wildman–Crippen LogP) is 3.90. The Morgan fingerprint density at radius 3 is 2.62 bits per heavy atom. The maximum absolute atomic E-state index is 12.6. The predicted molar refractivity (Wildman–Crippen MR) is 81.6 cm³/mol. The lowest BCUT2D eigenvalue weighted by atomic mass is 10.1. The first-order chi connectivity index (χ1) is 9.90. The fourth-order valence-electron chi connectivity index (χ4n) is 2.18. The van der Waals surface area contributed by atoms with Gasteiger partial charge < -0.3 is 4.90 Å². The van der Waals surface area contributed by atoms with Crippen LogP contribution in [0.3, 0.4) is 0 Å². The minimum atomic E-state index is -0.516. The third-order valence-corrected chi connectivity index (χ3v) is 3.90. The fourth-order valence-corrected chi connectivity index (χ4v) is 2.43. The minimum Gasteiger partial charge on any atom is -0.336 e. The van der Waals surface area contributed by atoms with Gasteiger partial charge in [0.15, 0.2) is 0 Å². The Kier molecular flexibility index (Phi) is 4.83. The van der Waals surface area contributed by atoms with Crippen LogP contribution in [0.1, 0.15) is 43.5 Å². The summed E-state index contributed by atoms with van der Waals surface area (Å²) in [5.74, 6) is 0.393. The molecule has 0 aliphatic heterocycles. The molecule has 0 saturated heterocycles. The highest BCUT2D eigenvalue weighted by Gasteiger charge is 2.33. The van der Waals surface area contributed by atoms with Crippen molar-refractivity contribution in [3.8, 4) is 0 Å². The second kappa shape index (κ2) is 6.43. The molecule has 0 bridgehead atoms. The van der Waals surface area contributed by atoms with Crippen molar-refractivity contribution in [2.45, 2.75) is 39.2 Å². The van der Waals surface area contributed by atoms with Crippen molar-refractivity contribution in [1.82, 2.24) is 4.90 Å². The summed E-state index contributed by atoms with van der Waals surface area (Å²) < 4.78 is 0. The molecular formula is C15H19ClN2O3. The van der Waals surface area contributed by atoms with Gasteiger partial charge in [0.1, 0.15) is 0 Å². The van der Waals surface area contributed by atoms with Crippen LogP contribution in [0.5, 0.6) is 0 Å². The molecule has 1 saturated carbocycles. The second-order valence-corrected chi connectivity index (χ2v) is 6.24. The number of halogens is 1. The van der Waals surface area contributed by atoms with Crippen molar-refractivity contribution in [2.75, 3.05) is 6.54 Å². The van der Waals surface area contributed by atoms with Crippen LogP contribution in [0.2, 0.25) is 5.02 Å². The third kappa shape index (κ3) is 3.94. The first kappa shape index (κ1) is 15.8. The van der Waals surface area contributed by atoms with Gasteiger partial charge in [-0.05, 0) is 31.2 Å². The largest absolute Gasteiger partial charge is 0.336 e. The number of amides is 1. The van der Waals surface area contributed by atoms with Crippen LogP contribution in [-0.2, 0) is 0 Å². The van der Waals surface area contributed by atoms with Crippen LogP contribution in [-0.4, -0.2) is 28.3 Å². The molecule has 1 amide bonds. The molecule has 1 aromatic carbocycles. The van der Waals surface area contributed by atoms with Crippen molar-refractivity contribution in [3.05, 3.63) is 38.9 Å². The molecule has 2 rings (SSSR count). The molecule has 0 unspecified atom stereocenters. The van der Waals surface area contributed by atoms with Gasteiger partial charge in [-0.3, -0.25) is 14.9 Å². The van der Waals surface area contributed by atoms with Crippen molar-refractivity contribution in [1.29, 1.82) is 0 Å². The molecule has 0 N–H and O–H groups in total. The Hall–Kier alpha value is -1.62. The van der Waals surface area contributed by atoms with E-state index in [4.69, 9.17) is 11.6 Å². The van der Waals surface area contributed by atoms with Crippen LogP contribution in [0.15, 0.2) is 18.2 Å². The molecule has 6 heteroatoms. The summed E-state index contributed by atoms with van der Waals surface area (Å²) in [4.78, 5) is 24.7. The summed E-state index contributed by atoms with van der Waals surface area (Å²) in [5, 5.41) is 10.9. The maximum atomic E-state index is 12.6. The lowest BCUT2D eigenvalue weighted by Crippen LogP contribution is -2.34. The molecule has 0 radical (unpaired) electrons. The van der Waals surface area contributed by atoms with E-state index in [0.717, 1.165) is 19.3 Å². The van der Waals surface area contributed by atoms with E-state index in [1.807, 2.05) is 4.90 Å². The van der Waals surface area contributed by atoms with Crippen molar-refractivity contribution in [2.24, 2.45) is 5.92 Å².